The van der Waals surface area contributed by atoms with Gasteiger partial charge in [0, 0.05) is 30.4 Å². The Morgan fingerprint density at radius 3 is 2.85 bits per heavy atom. The summed E-state index contributed by atoms with van der Waals surface area (Å²) in [6.07, 6.45) is 3.81. The highest BCUT2D eigenvalue weighted by Gasteiger charge is 2.11. The zero-order chi connectivity index (χ0) is 14.5. The highest BCUT2D eigenvalue weighted by Crippen LogP contribution is 2.27. The first kappa shape index (κ1) is 14.6. The summed E-state index contributed by atoms with van der Waals surface area (Å²) in [6.45, 7) is 7.84. The summed E-state index contributed by atoms with van der Waals surface area (Å²) in [5, 5.41) is 7.59. The molecule has 0 aliphatic heterocycles. The highest BCUT2D eigenvalue weighted by atomic mass is 16.5. The van der Waals surface area contributed by atoms with Crippen molar-refractivity contribution >= 4 is 0 Å². The van der Waals surface area contributed by atoms with Crippen LogP contribution in [0.4, 0.5) is 0 Å². The summed E-state index contributed by atoms with van der Waals surface area (Å²) in [7, 11) is 1.91. The van der Waals surface area contributed by atoms with Crippen LogP contribution >= 0.6 is 0 Å². The SMILES string of the molecule is CCNC(C)c1ccc(C)cc1OCc1cnn(C)c1. The van der Waals surface area contributed by atoms with Gasteiger partial charge in [-0.15, -0.1) is 0 Å². The first-order valence-corrected chi connectivity index (χ1v) is 7.04. The van der Waals surface area contributed by atoms with Crippen LogP contribution in [0, 0.1) is 6.92 Å². The summed E-state index contributed by atoms with van der Waals surface area (Å²) in [5.74, 6) is 0.947. The van der Waals surface area contributed by atoms with E-state index in [1.165, 1.54) is 11.1 Å². The van der Waals surface area contributed by atoms with Crippen LogP contribution in [0.5, 0.6) is 5.75 Å². The largest absolute Gasteiger partial charge is 0.488 e. The predicted octanol–water partition coefficient (Wildman–Crippen LogP) is 2.98. The van der Waals surface area contributed by atoms with Crippen molar-refractivity contribution in [3.8, 4) is 5.75 Å². The standard InChI is InChI=1S/C16H23N3O/c1-5-17-13(3)15-7-6-12(2)8-16(15)20-11-14-9-18-19(4)10-14/h6-10,13,17H,5,11H2,1-4H3. The number of hydrogen-bond donors (Lipinski definition) is 1. The van der Waals surface area contributed by atoms with Crippen LogP contribution in [0.2, 0.25) is 0 Å². The van der Waals surface area contributed by atoms with Crippen LogP contribution in [0.1, 0.15) is 36.6 Å². The van der Waals surface area contributed by atoms with Gasteiger partial charge < -0.3 is 10.1 Å². The fraction of sp³-hybridized carbons (Fsp3) is 0.438. The van der Waals surface area contributed by atoms with Gasteiger partial charge >= 0.3 is 0 Å². The van der Waals surface area contributed by atoms with Gasteiger partial charge in [-0.05, 0) is 32.0 Å². The third-order valence-electron chi connectivity index (χ3n) is 3.30. The predicted molar refractivity (Wildman–Crippen MR) is 80.8 cm³/mol. The highest BCUT2D eigenvalue weighted by molar-refractivity contribution is 5.39. The average molecular weight is 273 g/mol. The number of aryl methyl sites for hydroxylation is 2. The normalized spacial score (nSPS) is 12.4. The third-order valence-corrected chi connectivity index (χ3v) is 3.30. The molecule has 20 heavy (non-hydrogen) atoms. The first-order valence-electron chi connectivity index (χ1n) is 7.04. The molecule has 0 saturated carbocycles. The molecule has 0 amide bonds. The van der Waals surface area contributed by atoms with E-state index in [2.05, 4.69) is 49.4 Å². The lowest BCUT2D eigenvalue weighted by atomic mass is 10.0. The van der Waals surface area contributed by atoms with Gasteiger partial charge in [-0.25, -0.2) is 0 Å². The Labute approximate surface area is 120 Å². The topological polar surface area (TPSA) is 39.1 Å². The van der Waals surface area contributed by atoms with E-state index in [-0.39, 0.29) is 6.04 Å². The van der Waals surface area contributed by atoms with Crippen LogP contribution in [-0.4, -0.2) is 16.3 Å². The molecule has 2 aromatic rings. The molecule has 0 spiro atoms. The Morgan fingerprint density at radius 2 is 2.20 bits per heavy atom. The lowest BCUT2D eigenvalue weighted by Crippen LogP contribution is -2.18. The van der Waals surface area contributed by atoms with Crippen LogP contribution in [-0.2, 0) is 13.7 Å². The minimum absolute atomic E-state index is 0.282. The minimum Gasteiger partial charge on any atom is -0.488 e. The zero-order valence-corrected chi connectivity index (χ0v) is 12.7. The van der Waals surface area contributed by atoms with Gasteiger partial charge in [-0.1, -0.05) is 19.1 Å². The molecule has 1 aromatic heterocycles. The molecular formula is C16H23N3O. The Morgan fingerprint density at radius 1 is 1.40 bits per heavy atom. The van der Waals surface area contributed by atoms with E-state index in [1.807, 2.05) is 19.4 Å². The van der Waals surface area contributed by atoms with Crippen molar-refractivity contribution in [2.75, 3.05) is 6.54 Å². The number of rotatable bonds is 6. The summed E-state index contributed by atoms with van der Waals surface area (Å²) in [4.78, 5) is 0. The molecule has 1 aromatic carbocycles. The number of benzene rings is 1. The minimum atomic E-state index is 0.282. The van der Waals surface area contributed by atoms with Gasteiger partial charge in [0.25, 0.3) is 0 Å². The molecule has 108 valence electrons. The molecule has 4 nitrogen and oxygen atoms in total. The van der Waals surface area contributed by atoms with E-state index in [1.54, 1.807) is 4.68 Å². The molecule has 1 heterocycles. The molecule has 0 bridgehead atoms. The third kappa shape index (κ3) is 3.61. The van der Waals surface area contributed by atoms with Gasteiger partial charge in [0.15, 0.2) is 0 Å². The Kier molecular flexibility index (Phi) is 4.79. The van der Waals surface area contributed by atoms with E-state index in [9.17, 15) is 0 Å². The Bertz CT molecular complexity index is 563. The van der Waals surface area contributed by atoms with Crippen LogP contribution in [0.3, 0.4) is 0 Å². The van der Waals surface area contributed by atoms with Gasteiger partial charge in [-0.3, -0.25) is 4.68 Å². The van der Waals surface area contributed by atoms with Crippen molar-refractivity contribution in [3.05, 3.63) is 47.3 Å². The molecule has 0 radical (unpaired) electrons. The molecule has 4 heteroatoms. The van der Waals surface area contributed by atoms with E-state index >= 15 is 0 Å². The first-order chi connectivity index (χ1) is 9.60. The van der Waals surface area contributed by atoms with E-state index in [4.69, 9.17) is 4.74 Å². The van der Waals surface area contributed by atoms with E-state index in [0.717, 1.165) is 17.9 Å². The van der Waals surface area contributed by atoms with Gasteiger partial charge in [-0.2, -0.15) is 5.10 Å². The summed E-state index contributed by atoms with van der Waals surface area (Å²) in [6, 6.07) is 6.64. The second-order valence-corrected chi connectivity index (χ2v) is 5.13. The fourth-order valence-electron chi connectivity index (χ4n) is 2.25. The number of nitrogens with one attached hydrogen (secondary N) is 1. The van der Waals surface area contributed by atoms with E-state index in [0.29, 0.717) is 6.61 Å². The van der Waals surface area contributed by atoms with Gasteiger partial charge in [0.2, 0.25) is 0 Å². The summed E-state index contributed by atoms with van der Waals surface area (Å²) < 4.78 is 7.78. The molecule has 0 aliphatic carbocycles. The summed E-state index contributed by atoms with van der Waals surface area (Å²) in [5.41, 5.74) is 3.48. The summed E-state index contributed by atoms with van der Waals surface area (Å²) >= 11 is 0. The fourth-order valence-corrected chi connectivity index (χ4v) is 2.25. The van der Waals surface area contributed by atoms with Gasteiger partial charge in [0.1, 0.15) is 12.4 Å². The van der Waals surface area contributed by atoms with Crippen molar-refractivity contribution < 1.29 is 4.74 Å². The van der Waals surface area contributed by atoms with Crippen LogP contribution in [0.25, 0.3) is 0 Å². The number of hydrogen-bond acceptors (Lipinski definition) is 3. The molecule has 0 fully saturated rings. The van der Waals surface area contributed by atoms with Crippen molar-refractivity contribution in [2.24, 2.45) is 7.05 Å². The smallest absolute Gasteiger partial charge is 0.124 e. The second-order valence-electron chi connectivity index (χ2n) is 5.13. The molecule has 0 aliphatic rings. The number of ether oxygens (including phenoxy) is 1. The van der Waals surface area contributed by atoms with Crippen LogP contribution < -0.4 is 10.1 Å². The zero-order valence-electron chi connectivity index (χ0n) is 12.7. The molecular weight excluding hydrogens is 250 g/mol. The van der Waals surface area contributed by atoms with Crippen molar-refractivity contribution in [1.29, 1.82) is 0 Å². The average Bonchev–Trinajstić information content (AvgIpc) is 2.82. The lowest BCUT2D eigenvalue weighted by Gasteiger charge is -2.18. The molecule has 1 atom stereocenters. The van der Waals surface area contributed by atoms with Crippen LogP contribution in [0.15, 0.2) is 30.6 Å². The Balaban J connectivity index is 2.14. The van der Waals surface area contributed by atoms with Gasteiger partial charge in [0.05, 0.1) is 6.20 Å². The van der Waals surface area contributed by atoms with Crippen molar-refractivity contribution in [2.45, 2.75) is 33.4 Å². The molecule has 1 unspecified atom stereocenters. The number of nitrogens with zero attached hydrogens (tertiary/aromatic N) is 2. The van der Waals surface area contributed by atoms with Crippen molar-refractivity contribution in [3.63, 3.8) is 0 Å². The maximum atomic E-state index is 5.99. The second kappa shape index (κ2) is 6.57. The quantitative estimate of drug-likeness (QED) is 0.879. The van der Waals surface area contributed by atoms with Crippen molar-refractivity contribution in [1.82, 2.24) is 15.1 Å². The van der Waals surface area contributed by atoms with E-state index < -0.39 is 0 Å². The monoisotopic (exact) mass is 273 g/mol. The maximum absolute atomic E-state index is 5.99. The lowest BCUT2D eigenvalue weighted by molar-refractivity contribution is 0.299. The maximum Gasteiger partial charge on any atom is 0.124 e. The molecule has 2 rings (SSSR count). The Hall–Kier alpha value is -1.81. The molecule has 1 N–H and O–H groups in total. The molecule has 0 saturated heterocycles. The number of aromatic nitrogens is 2.